The summed E-state index contributed by atoms with van der Waals surface area (Å²) >= 11 is 1.50. The molecule has 0 amide bonds. The van der Waals surface area contributed by atoms with Gasteiger partial charge in [-0.25, -0.2) is 4.98 Å². The van der Waals surface area contributed by atoms with E-state index in [1.54, 1.807) is 26.2 Å². The number of thiazole rings is 1. The van der Waals surface area contributed by atoms with Crippen LogP contribution in [0.4, 0.5) is 18.9 Å². The van der Waals surface area contributed by atoms with Gasteiger partial charge in [0.25, 0.3) is 0 Å². The van der Waals surface area contributed by atoms with Crippen LogP contribution in [0.3, 0.4) is 0 Å². The molecule has 0 spiro atoms. The molecule has 0 unspecified atom stereocenters. The summed E-state index contributed by atoms with van der Waals surface area (Å²) in [7, 11) is 1.61. The molecule has 0 atom stereocenters. The standard InChI is InChI=1S/C15H17F3N2O2S/c1-10-12(4-3-5-13(10)22-9-15(16,17)18)19-6-11-8-23-14(20-11)7-21-2/h3-5,8,19H,6-7,9H2,1-2H3. The van der Waals surface area contributed by atoms with Gasteiger partial charge in [0.1, 0.15) is 10.8 Å². The smallest absolute Gasteiger partial charge is 0.422 e. The van der Waals surface area contributed by atoms with E-state index in [0.29, 0.717) is 24.4 Å². The molecule has 8 heteroatoms. The van der Waals surface area contributed by atoms with Gasteiger partial charge >= 0.3 is 6.18 Å². The van der Waals surface area contributed by atoms with Crippen LogP contribution in [-0.4, -0.2) is 24.9 Å². The second-order valence-electron chi connectivity index (χ2n) is 4.85. The molecule has 2 rings (SSSR count). The van der Waals surface area contributed by atoms with Crippen molar-refractivity contribution in [1.82, 2.24) is 4.98 Å². The van der Waals surface area contributed by atoms with Crippen LogP contribution in [0, 0.1) is 6.92 Å². The van der Waals surface area contributed by atoms with Gasteiger partial charge in [0.05, 0.1) is 18.8 Å². The Morgan fingerprint density at radius 2 is 2.09 bits per heavy atom. The summed E-state index contributed by atoms with van der Waals surface area (Å²) in [6, 6.07) is 4.96. The van der Waals surface area contributed by atoms with E-state index in [1.165, 1.54) is 17.4 Å². The van der Waals surface area contributed by atoms with Crippen LogP contribution in [0.1, 0.15) is 16.3 Å². The maximum atomic E-state index is 12.3. The minimum atomic E-state index is -4.35. The molecule has 1 aromatic carbocycles. The van der Waals surface area contributed by atoms with Gasteiger partial charge in [-0.1, -0.05) is 6.07 Å². The molecule has 126 valence electrons. The molecular weight excluding hydrogens is 329 g/mol. The number of hydrogen-bond acceptors (Lipinski definition) is 5. The van der Waals surface area contributed by atoms with Crippen molar-refractivity contribution in [3.05, 3.63) is 39.8 Å². The maximum absolute atomic E-state index is 12.3. The lowest BCUT2D eigenvalue weighted by molar-refractivity contribution is -0.153. The van der Waals surface area contributed by atoms with E-state index < -0.39 is 12.8 Å². The Morgan fingerprint density at radius 1 is 1.30 bits per heavy atom. The van der Waals surface area contributed by atoms with E-state index >= 15 is 0 Å². The van der Waals surface area contributed by atoms with Gasteiger partial charge < -0.3 is 14.8 Å². The molecule has 0 radical (unpaired) electrons. The Bertz CT molecular complexity index is 644. The minimum absolute atomic E-state index is 0.214. The molecule has 0 saturated carbocycles. The number of hydrogen-bond donors (Lipinski definition) is 1. The topological polar surface area (TPSA) is 43.4 Å². The highest BCUT2D eigenvalue weighted by Crippen LogP contribution is 2.27. The van der Waals surface area contributed by atoms with Crippen molar-refractivity contribution in [3.8, 4) is 5.75 Å². The van der Waals surface area contributed by atoms with Gasteiger partial charge in [0.2, 0.25) is 0 Å². The second-order valence-corrected chi connectivity index (χ2v) is 5.79. The molecule has 4 nitrogen and oxygen atoms in total. The van der Waals surface area contributed by atoms with Crippen LogP contribution in [-0.2, 0) is 17.9 Å². The third-order valence-electron chi connectivity index (χ3n) is 3.00. The van der Waals surface area contributed by atoms with E-state index in [2.05, 4.69) is 10.3 Å². The van der Waals surface area contributed by atoms with Gasteiger partial charge in [-0.05, 0) is 19.1 Å². The van der Waals surface area contributed by atoms with E-state index in [9.17, 15) is 13.2 Å². The molecule has 1 N–H and O–H groups in total. The average molecular weight is 346 g/mol. The Kier molecular flexibility index (Phi) is 5.84. The summed E-state index contributed by atoms with van der Waals surface area (Å²) < 4.78 is 46.6. The molecule has 0 aliphatic carbocycles. The van der Waals surface area contributed by atoms with E-state index in [4.69, 9.17) is 9.47 Å². The van der Waals surface area contributed by atoms with Crippen molar-refractivity contribution >= 4 is 17.0 Å². The molecule has 0 bridgehead atoms. The van der Waals surface area contributed by atoms with Crippen LogP contribution in [0.15, 0.2) is 23.6 Å². The highest BCUT2D eigenvalue weighted by molar-refractivity contribution is 7.09. The monoisotopic (exact) mass is 346 g/mol. The first-order chi connectivity index (χ1) is 10.9. The molecular formula is C15H17F3N2O2S. The Morgan fingerprint density at radius 3 is 2.78 bits per heavy atom. The minimum Gasteiger partial charge on any atom is -0.484 e. The zero-order valence-electron chi connectivity index (χ0n) is 12.7. The van der Waals surface area contributed by atoms with Crippen molar-refractivity contribution in [2.45, 2.75) is 26.3 Å². The fraction of sp³-hybridized carbons (Fsp3) is 0.400. The van der Waals surface area contributed by atoms with Gasteiger partial charge in [-0.2, -0.15) is 13.2 Å². The fourth-order valence-corrected chi connectivity index (χ4v) is 2.69. The largest absolute Gasteiger partial charge is 0.484 e. The van der Waals surface area contributed by atoms with Crippen molar-refractivity contribution in [1.29, 1.82) is 0 Å². The summed E-state index contributed by atoms with van der Waals surface area (Å²) in [6.45, 7) is 1.35. The highest BCUT2D eigenvalue weighted by Gasteiger charge is 2.28. The number of benzene rings is 1. The van der Waals surface area contributed by atoms with Crippen molar-refractivity contribution < 1.29 is 22.6 Å². The average Bonchev–Trinajstić information content (AvgIpc) is 2.92. The summed E-state index contributed by atoms with van der Waals surface area (Å²) in [4.78, 5) is 4.39. The van der Waals surface area contributed by atoms with Crippen LogP contribution in [0.5, 0.6) is 5.75 Å². The molecule has 0 fully saturated rings. The van der Waals surface area contributed by atoms with E-state index in [-0.39, 0.29) is 5.75 Å². The molecule has 23 heavy (non-hydrogen) atoms. The lowest BCUT2D eigenvalue weighted by Crippen LogP contribution is -2.19. The zero-order chi connectivity index (χ0) is 16.9. The highest BCUT2D eigenvalue weighted by atomic mass is 32.1. The number of aromatic nitrogens is 1. The Balaban J connectivity index is 1.99. The lowest BCUT2D eigenvalue weighted by atomic mass is 10.2. The van der Waals surface area contributed by atoms with Crippen LogP contribution in [0.25, 0.3) is 0 Å². The SMILES string of the molecule is COCc1nc(CNc2cccc(OCC(F)(F)F)c2C)cs1. The second kappa shape index (κ2) is 7.65. The molecule has 0 aliphatic rings. The predicted molar refractivity (Wildman–Crippen MR) is 82.9 cm³/mol. The van der Waals surface area contributed by atoms with E-state index in [1.807, 2.05) is 5.38 Å². The molecule has 1 heterocycles. The van der Waals surface area contributed by atoms with Gasteiger partial charge in [-0.15, -0.1) is 11.3 Å². The summed E-state index contributed by atoms with van der Waals surface area (Å²) in [5, 5.41) is 5.96. The number of anilines is 1. The Labute approximate surface area is 136 Å². The molecule has 0 saturated heterocycles. The normalized spacial score (nSPS) is 11.5. The maximum Gasteiger partial charge on any atom is 0.422 e. The molecule has 2 aromatic rings. The van der Waals surface area contributed by atoms with Gasteiger partial charge in [-0.3, -0.25) is 0 Å². The fourth-order valence-electron chi connectivity index (χ4n) is 1.93. The quantitative estimate of drug-likeness (QED) is 0.818. The number of methoxy groups -OCH3 is 1. The van der Waals surface area contributed by atoms with Crippen LogP contribution < -0.4 is 10.1 Å². The van der Waals surface area contributed by atoms with Crippen LogP contribution >= 0.6 is 11.3 Å². The lowest BCUT2D eigenvalue weighted by Gasteiger charge is -2.14. The summed E-state index contributed by atoms with van der Waals surface area (Å²) in [5.41, 5.74) is 2.19. The number of nitrogens with one attached hydrogen (secondary N) is 1. The number of rotatable bonds is 7. The third kappa shape index (κ3) is 5.40. The summed E-state index contributed by atoms with van der Waals surface area (Å²) in [6.07, 6.45) is -4.35. The zero-order valence-corrected chi connectivity index (χ0v) is 13.6. The number of halogens is 3. The first-order valence-corrected chi connectivity index (χ1v) is 7.72. The molecule has 0 aliphatic heterocycles. The van der Waals surface area contributed by atoms with Crippen molar-refractivity contribution in [2.75, 3.05) is 19.0 Å². The first kappa shape index (κ1) is 17.6. The number of alkyl halides is 3. The van der Waals surface area contributed by atoms with Gasteiger partial charge in [0, 0.05) is 23.7 Å². The van der Waals surface area contributed by atoms with E-state index in [0.717, 1.165) is 10.7 Å². The van der Waals surface area contributed by atoms with Crippen LogP contribution in [0.2, 0.25) is 0 Å². The third-order valence-corrected chi connectivity index (χ3v) is 3.87. The Hall–Kier alpha value is -1.80. The van der Waals surface area contributed by atoms with Crippen molar-refractivity contribution in [3.63, 3.8) is 0 Å². The number of ether oxygens (including phenoxy) is 2. The first-order valence-electron chi connectivity index (χ1n) is 6.84. The summed E-state index contributed by atoms with van der Waals surface area (Å²) in [5.74, 6) is 0.214. The van der Waals surface area contributed by atoms with Gasteiger partial charge in [0.15, 0.2) is 6.61 Å². The predicted octanol–water partition coefficient (Wildman–Crippen LogP) is 4.15. The number of nitrogens with zero attached hydrogens (tertiary/aromatic N) is 1. The van der Waals surface area contributed by atoms with Crippen molar-refractivity contribution in [2.24, 2.45) is 0 Å². The molecule has 1 aromatic heterocycles.